The quantitative estimate of drug-likeness (QED) is 0.886. The van der Waals surface area contributed by atoms with Crippen LogP contribution in [0.2, 0.25) is 4.34 Å². The van der Waals surface area contributed by atoms with E-state index in [2.05, 4.69) is 5.32 Å². The molecule has 2 aromatic heterocycles. The Morgan fingerprint density at radius 3 is 2.89 bits per heavy atom. The first-order valence-corrected chi connectivity index (χ1v) is 7.88. The molecule has 1 unspecified atom stereocenters. The van der Waals surface area contributed by atoms with Crippen LogP contribution < -0.4 is 5.32 Å². The molecular formula is C13H14ClNO2S2. The summed E-state index contributed by atoms with van der Waals surface area (Å²) in [6, 6.07) is 5.71. The zero-order valence-electron chi connectivity index (χ0n) is 10.4. The van der Waals surface area contributed by atoms with E-state index >= 15 is 0 Å². The van der Waals surface area contributed by atoms with Crippen molar-refractivity contribution >= 4 is 40.2 Å². The van der Waals surface area contributed by atoms with E-state index in [0.29, 0.717) is 13.0 Å². The van der Waals surface area contributed by atoms with Crippen molar-refractivity contribution in [2.75, 3.05) is 13.7 Å². The molecule has 1 amide bonds. The minimum Gasteiger partial charge on any atom is -0.374 e. The molecule has 6 heteroatoms. The van der Waals surface area contributed by atoms with Crippen molar-refractivity contribution in [3.05, 3.63) is 43.7 Å². The standard InChI is InChI=1S/C13H14ClNO2S2/c1-17-10(11-2-3-12(14)19-11)7-15-13(16)6-9-4-5-18-8-9/h2-5,8,10H,6-7H2,1H3,(H,15,16). The highest BCUT2D eigenvalue weighted by molar-refractivity contribution is 7.16. The lowest BCUT2D eigenvalue weighted by molar-refractivity contribution is -0.121. The Hall–Kier alpha value is -0.880. The van der Waals surface area contributed by atoms with Crippen LogP contribution in [0.5, 0.6) is 0 Å². The second-order valence-electron chi connectivity index (χ2n) is 3.98. The zero-order valence-corrected chi connectivity index (χ0v) is 12.8. The minimum atomic E-state index is -0.149. The molecule has 0 radical (unpaired) electrons. The first-order chi connectivity index (χ1) is 9.19. The third kappa shape index (κ3) is 4.31. The minimum absolute atomic E-state index is 0.00287. The SMILES string of the molecule is COC(CNC(=O)Cc1ccsc1)c1ccc(Cl)s1. The van der Waals surface area contributed by atoms with E-state index in [9.17, 15) is 4.79 Å². The van der Waals surface area contributed by atoms with Crippen molar-refractivity contribution in [2.24, 2.45) is 0 Å². The molecule has 0 bridgehead atoms. The average Bonchev–Trinajstić information content (AvgIpc) is 3.02. The van der Waals surface area contributed by atoms with Gasteiger partial charge in [-0.25, -0.2) is 0 Å². The smallest absolute Gasteiger partial charge is 0.224 e. The van der Waals surface area contributed by atoms with Crippen molar-refractivity contribution in [1.82, 2.24) is 5.32 Å². The summed E-state index contributed by atoms with van der Waals surface area (Å²) in [4.78, 5) is 12.8. The van der Waals surface area contributed by atoms with Gasteiger partial charge in [-0.2, -0.15) is 11.3 Å². The molecule has 0 saturated heterocycles. The molecule has 0 aliphatic rings. The number of carbonyl (C=O) groups is 1. The molecule has 19 heavy (non-hydrogen) atoms. The van der Waals surface area contributed by atoms with Gasteiger partial charge >= 0.3 is 0 Å². The normalized spacial score (nSPS) is 12.3. The molecule has 2 rings (SSSR count). The Kier molecular flexibility index (Phi) is 5.39. The summed E-state index contributed by atoms with van der Waals surface area (Å²) >= 11 is 8.96. The molecule has 1 N–H and O–H groups in total. The molecule has 0 aliphatic carbocycles. The van der Waals surface area contributed by atoms with E-state index < -0.39 is 0 Å². The van der Waals surface area contributed by atoms with E-state index in [4.69, 9.17) is 16.3 Å². The molecule has 3 nitrogen and oxygen atoms in total. The maximum absolute atomic E-state index is 11.8. The van der Waals surface area contributed by atoms with E-state index in [0.717, 1.165) is 14.8 Å². The molecule has 2 heterocycles. The van der Waals surface area contributed by atoms with Gasteiger partial charge in [0.1, 0.15) is 6.10 Å². The van der Waals surface area contributed by atoms with Gasteiger partial charge in [0.25, 0.3) is 0 Å². The molecule has 2 aromatic rings. The van der Waals surface area contributed by atoms with Gasteiger partial charge in [0.2, 0.25) is 5.91 Å². The van der Waals surface area contributed by atoms with Gasteiger partial charge < -0.3 is 10.1 Å². The number of carbonyl (C=O) groups excluding carboxylic acids is 1. The first-order valence-electron chi connectivity index (χ1n) is 5.75. The van der Waals surface area contributed by atoms with Crippen molar-refractivity contribution in [2.45, 2.75) is 12.5 Å². The van der Waals surface area contributed by atoms with E-state index in [-0.39, 0.29) is 12.0 Å². The average molecular weight is 316 g/mol. The highest BCUT2D eigenvalue weighted by Gasteiger charge is 2.14. The summed E-state index contributed by atoms with van der Waals surface area (Å²) in [5.74, 6) is 0.00287. The fourth-order valence-corrected chi connectivity index (χ4v) is 3.46. The van der Waals surface area contributed by atoms with Crippen molar-refractivity contribution < 1.29 is 9.53 Å². The number of amides is 1. The lowest BCUT2D eigenvalue weighted by Crippen LogP contribution is -2.29. The number of hydrogen-bond donors (Lipinski definition) is 1. The predicted molar refractivity (Wildman–Crippen MR) is 80.1 cm³/mol. The van der Waals surface area contributed by atoms with Crippen LogP contribution in [-0.2, 0) is 16.0 Å². The summed E-state index contributed by atoms with van der Waals surface area (Å²) in [6.45, 7) is 0.455. The number of nitrogens with one attached hydrogen (secondary N) is 1. The largest absolute Gasteiger partial charge is 0.374 e. The van der Waals surface area contributed by atoms with Crippen LogP contribution >= 0.6 is 34.3 Å². The number of thiophene rings is 2. The number of hydrogen-bond acceptors (Lipinski definition) is 4. The van der Waals surface area contributed by atoms with E-state index in [1.807, 2.05) is 29.0 Å². The molecule has 0 aliphatic heterocycles. The molecular weight excluding hydrogens is 302 g/mol. The summed E-state index contributed by atoms with van der Waals surface area (Å²) in [5, 5.41) is 6.83. The van der Waals surface area contributed by atoms with Crippen molar-refractivity contribution in [3.63, 3.8) is 0 Å². The molecule has 0 saturated carbocycles. The van der Waals surface area contributed by atoms with Crippen LogP contribution in [0.1, 0.15) is 16.5 Å². The van der Waals surface area contributed by atoms with Gasteiger partial charge in [0, 0.05) is 18.5 Å². The van der Waals surface area contributed by atoms with Gasteiger partial charge in [-0.3, -0.25) is 4.79 Å². The fraction of sp³-hybridized carbons (Fsp3) is 0.308. The van der Waals surface area contributed by atoms with E-state index in [1.165, 1.54) is 11.3 Å². The van der Waals surface area contributed by atoms with Crippen LogP contribution in [0.4, 0.5) is 0 Å². The molecule has 0 spiro atoms. The van der Waals surface area contributed by atoms with Crippen LogP contribution in [0.3, 0.4) is 0 Å². The number of halogens is 1. The Morgan fingerprint density at radius 2 is 2.32 bits per heavy atom. The van der Waals surface area contributed by atoms with Gasteiger partial charge in [-0.05, 0) is 34.5 Å². The predicted octanol–water partition coefficient (Wildman–Crippen LogP) is 3.51. The third-order valence-electron chi connectivity index (χ3n) is 2.63. The van der Waals surface area contributed by atoms with Crippen molar-refractivity contribution in [3.8, 4) is 0 Å². The highest BCUT2D eigenvalue weighted by Crippen LogP contribution is 2.28. The van der Waals surface area contributed by atoms with Crippen LogP contribution in [0, 0.1) is 0 Å². The van der Waals surface area contributed by atoms with Crippen LogP contribution in [0.15, 0.2) is 29.0 Å². The fourth-order valence-electron chi connectivity index (χ4n) is 1.65. The maximum Gasteiger partial charge on any atom is 0.224 e. The third-order valence-corrected chi connectivity index (χ3v) is 4.68. The maximum atomic E-state index is 11.8. The Balaban J connectivity index is 1.84. The molecule has 102 valence electrons. The lowest BCUT2D eigenvalue weighted by Gasteiger charge is -2.14. The number of ether oxygens (including phenoxy) is 1. The highest BCUT2D eigenvalue weighted by atomic mass is 35.5. The molecule has 1 atom stereocenters. The second-order valence-corrected chi connectivity index (χ2v) is 6.51. The number of rotatable bonds is 6. The molecule has 0 aromatic carbocycles. The monoisotopic (exact) mass is 315 g/mol. The van der Waals surface area contributed by atoms with Crippen LogP contribution in [0.25, 0.3) is 0 Å². The lowest BCUT2D eigenvalue weighted by atomic mass is 10.2. The van der Waals surface area contributed by atoms with Gasteiger partial charge in [0.05, 0.1) is 10.8 Å². The number of methoxy groups -OCH3 is 1. The second kappa shape index (κ2) is 7.05. The molecule has 0 fully saturated rings. The topological polar surface area (TPSA) is 38.3 Å². The Bertz CT molecular complexity index is 524. The zero-order chi connectivity index (χ0) is 13.7. The Morgan fingerprint density at radius 1 is 1.47 bits per heavy atom. The van der Waals surface area contributed by atoms with E-state index in [1.54, 1.807) is 18.4 Å². The Labute approximate surface area is 125 Å². The summed E-state index contributed by atoms with van der Waals surface area (Å²) in [7, 11) is 1.63. The summed E-state index contributed by atoms with van der Waals surface area (Å²) < 4.78 is 6.10. The summed E-state index contributed by atoms with van der Waals surface area (Å²) in [6.07, 6.45) is 0.259. The van der Waals surface area contributed by atoms with Crippen molar-refractivity contribution in [1.29, 1.82) is 0 Å². The van der Waals surface area contributed by atoms with Gasteiger partial charge in [0.15, 0.2) is 0 Å². The van der Waals surface area contributed by atoms with Crippen LogP contribution in [-0.4, -0.2) is 19.6 Å². The van der Waals surface area contributed by atoms with Gasteiger partial charge in [-0.15, -0.1) is 11.3 Å². The summed E-state index contributed by atoms with van der Waals surface area (Å²) in [5.41, 5.74) is 1.04. The first kappa shape index (κ1) is 14.5. The van der Waals surface area contributed by atoms with Gasteiger partial charge in [-0.1, -0.05) is 11.6 Å².